The van der Waals surface area contributed by atoms with E-state index in [4.69, 9.17) is 4.74 Å². The lowest BCUT2D eigenvalue weighted by atomic mass is 9.89. The van der Waals surface area contributed by atoms with E-state index in [2.05, 4.69) is 5.10 Å². The molecule has 3 aromatic carbocycles. The first-order chi connectivity index (χ1) is 15.0. The van der Waals surface area contributed by atoms with Crippen LogP contribution in [0.5, 0.6) is 5.75 Å². The fourth-order valence-electron chi connectivity index (χ4n) is 3.37. The number of methoxy groups -OCH3 is 1. The number of rotatable bonds is 6. The van der Waals surface area contributed by atoms with Gasteiger partial charge in [0.05, 0.1) is 23.4 Å². The van der Waals surface area contributed by atoms with Crippen LogP contribution in [0.4, 0.5) is 11.4 Å². The van der Waals surface area contributed by atoms with Crippen LogP contribution in [-0.2, 0) is 4.79 Å². The Morgan fingerprint density at radius 2 is 1.74 bits per heavy atom. The maximum absolute atomic E-state index is 13.3. The summed E-state index contributed by atoms with van der Waals surface area (Å²) in [6.45, 7) is 0. The molecule has 0 fully saturated rings. The monoisotopic (exact) mass is 415 g/mol. The third kappa shape index (κ3) is 3.78. The van der Waals surface area contributed by atoms with Gasteiger partial charge in [0.15, 0.2) is 5.78 Å². The average Bonchev–Trinajstić information content (AvgIpc) is 3.16. The molecule has 0 saturated heterocycles. The van der Waals surface area contributed by atoms with Crippen LogP contribution < -0.4 is 9.75 Å². The Hall–Kier alpha value is -4.33. The summed E-state index contributed by atoms with van der Waals surface area (Å²) in [7, 11) is 1.54. The third-order valence-corrected chi connectivity index (χ3v) is 4.93. The molecule has 0 N–H and O–H groups in total. The maximum Gasteiger partial charge on any atom is 0.270 e. The molecule has 8 nitrogen and oxygen atoms in total. The van der Waals surface area contributed by atoms with E-state index in [-0.39, 0.29) is 17.0 Å². The summed E-state index contributed by atoms with van der Waals surface area (Å²) >= 11 is 0. The van der Waals surface area contributed by atoms with Crippen molar-refractivity contribution in [2.45, 2.75) is 0 Å². The molecule has 0 spiro atoms. The first kappa shape index (κ1) is 20.0. The van der Waals surface area contributed by atoms with Gasteiger partial charge in [0, 0.05) is 17.7 Å². The molecule has 1 aliphatic rings. The van der Waals surface area contributed by atoms with Crippen LogP contribution in [0.2, 0.25) is 0 Å². The highest BCUT2D eigenvalue weighted by molar-refractivity contribution is 6.34. The van der Waals surface area contributed by atoms with Crippen LogP contribution in [0.3, 0.4) is 0 Å². The van der Waals surface area contributed by atoms with Gasteiger partial charge in [0.2, 0.25) is 0 Å². The molecular formula is C23H17N3O5. The zero-order chi connectivity index (χ0) is 22.0. The van der Waals surface area contributed by atoms with Gasteiger partial charge in [-0.2, -0.15) is 10.1 Å². The van der Waals surface area contributed by atoms with Gasteiger partial charge in [0.1, 0.15) is 11.7 Å². The van der Waals surface area contributed by atoms with Crippen LogP contribution >= 0.6 is 0 Å². The molecular weight excluding hydrogens is 398 g/mol. The average molecular weight is 415 g/mol. The van der Waals surface area contributed by atoms with Crippen molar-refractivity contribution in [1.82, 2.24) is 0 Å². The minimum absolute atomic E-state index is 0.0766. The molecule has 8 heteroatoms. The summed E-state index contributed by atoms with van der Waals surface area (Å²) in [5.74, 6) is -1.67. The summed E-state index contributed by atoms with van der Waals surface area (Å²) in [5, 5.41) is 16.8. The SMILES string of the molecule is COc1ccc(N2N=C(c3ccccc3)[C@H](C(=O)c3cccc([N+](=O)[O-])c3)C2=O)cc1. The Balaban J connectivity index is 1.77. The number of nitrogens with zero attached hydrogens (tertiary/aromatic N) is 3. The smallest absolute Gasteiger partial charge is 0.270 e. The number of ether oxygens (including phenoxy) is 1. The summed E-state index contributed by atoms with van der Waals surface area (Å²) in [6, 6.07) is 21.0. The van der Waals surface area contributed by atoms with E-state index in [1.807, 2.05) is 6.07 Å². The lowest BCUT2D eigenvalue weighted by Crippen LogP contribution is -2.33. The number of hydrazone groups is 1. The summed E-state index contributed by atoms with van der Waals surface area (Å²) in [4.78, 5) is 37.2. The number of non-ortho nitro benzene ring substituents is 1. The van der Waals surface area contributed by atoms with E-state index in [0.717, 1.165) is 0 Å². The van der Waals surface area contributed by atoms with Crippen molar-refractivity contribution in [3.8, 4) is 5.75 Å². The summed E-state index contributed by atoms with van der Waals surface area (Å²) in [5.41, 5.74) is 1.25. The summed E-state index contributed by atoms with van der Waals surface area (Å²) in [6.07, 6.45) is 0. The normalized spacial score (nSPS) is 15.5. The molecule has 0 unspecified atom stereocenters. The van der Waals surface area contributed by atoms with Crippen molar-refractivity contribution in [2.24, 2.45) is 11.0 Å². The van der Waals surface area contributed by atoms with Gasteiger partial charge in [-0.1, -0.05) is 42.5 Å². The fourth-order valence-corrected chi connectivity index (χ4v) is 3.37. The van der Waals surface area contributed by atoms with E-state index in [9.17, 15) is 19.7 Å². The molecule has 0 saturated carbocycles. The molecule has 1 heterocycles. The second kappa shape index (κ2) is 8.19. The first-order valence-corrected chi connectivity index (χ1v) is 9.40. The number of hydrogen-bond acceptors (Lipinski definition) is 6. The van der Waals surface area contributed by atoms with E-state index in [1.165, 1.54) is 36.4 Å². The molecule has 0 aromatic heterocycles. The summed E-state index contributed by atoms with van der Waals surface area (Å²) < 4.78 is 5.15. The fraction of sp³-hybridized carbons (Fsp3) is 0.0870. The predicted molar refractivity (Wildman–Crippen MR) is 114 cm³/mol. The van der Waals surface area contributed by atoms with Crippen molar-refractivity contribution in [1.29, 1.82) is 0 Å². The van der Waals surface area contributed by atoms with Crippen LogP contribution in [0.15, 0.2) is 84.0 Å². The van der Waals surface area contributed by atoms with Gasteiger partial charge >= 0.3 is 0 Å². The molecule has 1 aliphatic heterocycles. The second-order valence-corrected chi connectivity index (χ2v) is 6.80. The number of carbonyl (C=O) groups is 2. The van der Waals surface area contributed by atoms with Crippen molar-refractivity contribution in [3.05, 3.63) is 100 Å². The van der Waals surface area contributed by atoms with Crippen molar-refractivity contribution in [3.63, 3.8) is 0 Å². The van der Waals surface area contributed by atoms with E-state index in [1.54, 1.807) is 48.5 Å². The Bertz CT molecular complexity index is 1190. The molecule has 154 valence electrons. The number of nitro benzene ring substituents is 1. The highest BCUT2D eigenvalue weighted by Gasteiger charge is 2.42. The lowest BCUT2D eigenvalue weighted by Gasteiger charge is -2.14. The van der Waals surface area contributed by atoms with Crippen molar-refractivity contribution < 1.29 is 19.2 Å². The van der Waals surface area contributed by atoms with Crippen LogP contribution in [-0.4, -0.2) is 29.4 Å². The van der Waals surface area contributed by atoms with Crippen LogP contribution in [0.25, 0.3) is 0 Å². The second-order valence-electron chi connectivity index (χ2n) is 6.80. The van der Waals surface area contributed by atoms with Gasteiger partial charge in [-0.15, -0.1) is 0 Å². The largest absolute Gasteiger partial charge is 0.497 e. The number of amides is 1. The zero-order valence-electron chi connectivity index (χ0n) is 16.5. The van der Waals surface area contributed by atoms with Gasteiger partial charge in [0.25, 0.3) is 11.6 Å². The maximum atomic E-state index is 13.3. The number of Topliss-reactive ketones (excluding diaryl/α,β-unsaturated/α-hetero) is 1. The molecule has 1 atom stereocenters. The Kier molecular flexibility index (Phi) is 5.28. The highest BCUT2D eigenvalue weighted by Crippen LogP contribution is 2.30. The number of benzene rings is 3. The van der Waals surface area contributed by atoms with E-state index in [0.29, 0.717) is 17.0 Å². The molecule has 0 radical (unpaired) electrons. The quantitative estimate of drug-likeness (QED) is 0.263. The molecule has 0 bridgehead atoms. The predicted octanol–water partition coefficient (Wildman–Crippen LogP) is 3.85. The van der Waals surface area contributed by atoms with E-state index >= 15 is 0 Å². The first-order valence-electron chi connectivity index (χ1n) is 9.40. The lowest BCUT2D eigenvalue weighted by molar-refractivity contribution is -0.384. The minimum atomic E-state index is -1.22. The number of ketones is 1. The van der Waals surface area contributed by atoms with Gasteiger partial charge in [-0.25, -0.2) is 0 Å². The standard InChI is InChI=1S/C23H17N3O5/c1-31-19-12-10-17(11-13-19)25-23(28)20(21(24-25)15-6-3-2-4-7-15)22(27)16-8-5-9-18(14-16)26(29)30/h2-14,20H,1H3/t20-/m1/s1. The molecule has 4 rings (SSSR count). The molecule has 3 aromatic rings. The Labute approximate surface area is 177 Å². The molecule has 0 aliphatic carbocycles. The van der Waals surface area contributed by atoms with Crippen LogP contribution in [0, 0.1) is 16.0 Å². The van der Waals surface area contributed by atoms with E-state index < -0.39 is 22.5 Å². The van der Waals surface area contributed by atoms with Crippen LogP contribution in [0.1, 0.15) is 15.9 Å². The molecule has 31 heavy (non-hydrogen) atoms. The highest BCUT2D eigenvalue weighted by atomic mass is 16.6. The number of hydrogen-bond donors (Lipinski definition) is 0. The Morgan fingerprint density at radius 1 is 1.03 bits per heavy atom. The zero-order valence-corrected chi connectivity index (χ0v) is 16.5. The van der Waals surface area contributed by atoms with Crippen molar-refractivity contribution >= 4 is 28.8 Å². The molecule has 1 amide bonds. The third-order valence-electron chi connectivity index (χ3n) is 4.93. The Morgan fingerprint density at radius 3 is 2.39 bits per heavy atom. The van der Waals surface area contributed by atoms with Crippen molar-refractivity contribution in [2.75, 3.05) is 12.1 Å². The minimum Gasteiger partial charge on any atom is -0.497 e. The van der Waals surface area contributed by atoms with Gasteiger partial charge in [-0.3, -0.25) is 19.7 Å². The topological polar surface area (TPSA) is 102 Å². The van der Waals surface area contributed by atoms with Gasteiger partial charge < -0.3 is 4.74 Å². The number of nitro groups is 1. The number of anilines is 1. The number of carbonyl (C=O) groups excluding carboxylic acids is 2. The van der Waals surface area contributed by atoms with Gasteiger partial charge in [-0.05, 0) is 29.8 Å².